The van der Waals surface area contributed by atoms with Gasteiger partial charge >= 0.3 is 0 Å². The molecule has 0 aromatic rings. The van der Waals surface area contributed by atoms with Gasteiger partial charge in [-0.2, -0.15) is 0 Å². The molecule has 2 aliphatic rings. The maximum atomic E-state index is 11.7. The maximum absolute atomic E-state index is 11.7. The van der Waals surface area contributed by atoms with Gasteiger partial charge < -0.3 is 15.8 Å². The predicted molar refractivity (Wildman–Crippen MR) is 70.2 cm³/mol. The van der Waals surface area contributed by atoms with Gasteiger partial charge in [-0.15, -0.1) is 0 Å². The summed E-state index contributed by atoms with van der Waals surface area (Å²) in [5.41, 5.74) is 4.92. The molecule has 2 fully saturated rings. The molecule has 0 aliphatic carbocycles. The Morgan fingerprint density at radius 1 is 1.44 bits per heavy atom. The number of likely N-dealkylation sites (tertiary alicyclic amines) is 1. The number of hydrogen-bond donors (Lipinski definition) is 2. The number of ether oxygens (including phenoxy) is 1. The Hall–Kier alpha value is -0.650. The summed E-state index contributed by atoms with van der Waals surface area (Å²) in [6.07, 6.45) is 4.00. The molecule has 2 rings (SSSR count). The van der Waals surface area contributed by atoms with Crippen molar-refractivity contribution in [2.24, 2.45) is 5.73 Å². The highest BCUT2D eigenvalue weighted by Crippen LogP contribution is 2.27. The molecule has 0 radical (unpaired) electrons. The summed E-state index contributed by atoms with van der Waals surface area (Å²) in [7, 11) is 0. The van der Waals surface area contributed by atoms with Gasteiger partial charge in [0.1, 0.15) is 5.54 Å². The van der Waals surface area contributed by atoms with E-state index in [1.165, 1.54) is 0 Å². The Bertz CT molecular complexity index is 299. The van der Waals surface area contributed by atoms with Crippen LogP contribution in [0.25, 0.3) is 0 Å². The largest absolute Gasteiger partial charge is 0.372 e. The number of amides is 1. The lowest BCUT2D eigenvalue weighted by Crippen LogP contribution is -2.61. The molecule has 104 valence electrons. The number of primary amides is 1. The van der Waals surface area contributed by atoms with E-state index < -0.39 is 5.54 Å². The van der Waals surface area contributed by atoms with Gasteiger partial charge in [0.2, 0.25) is 5.91 Å². The zero-order chi connectivity index (χ0) is 13.2. The monoisotopic (exact) mass is 255 g/mol. The Kier molecular flexibility index (Phi) is 4.25. The molecule has 3 atom stereocenters. The number of rotatable bonds is 6. The van der Waals surface area contributed by atoms with Crippen molar-refractivity contribution in [3.8, 4) is 0 Å². The van der Waals surface area contributed by atoms with E-state index in [-0.39, 0.29) is 5.91 Å². The van der Waals surface area contributed by atoms with Crippen LogP contribution in [0.15, 0.2) is 0 Å². The van der Waals surface area contributed by atoms with E-state index in [1.807, 2.05) is 6.92 Å². The molecule has 2 heterocycles. The fraction of sp³-hybridized carbons (Fsp3) is 0.923. The lowest BCUT2D eigenvalue weighted by Gasteiger charge is -2.38. The first-order valence-corrected chi connectivity index (χ1v) is 6.96. The molecule has 3 N–H and O–H groups in total. The van der Waals surface area contributed by atoms with Crippen molar-refractivity contribution >= 4 is 5.91 Å². The smallest absolute Gasteiger partial charge is 0.238 e. The van der Waals surface area contributed by atoms with Gasteiger partial charge in [0, 0.05) is 19.6 Å². The average molecular weight is 255 g/mol. The lowest BCUT2D eigenvalue weighted by molar-refractivity contribution is -0.126. The van der Waals surface area contributed by atoms with Gasteiger partial charge in [-0.3, -0.25) is 9.69 Å². The van der Waals surface area contributed by atoms with Gasteiger partial charge in [-0.05, 0) is 32.7 Å². The van der Waals surface area contributed by atoms with Crippen LogP contribution in [0.3, 0.4) is 0 Å². The van der Waals surface area contributed by atoms with Crippen molar-refractivity contribution in [3.05, 3.63) is 0 Å². The van der Waals surface area contributed by atoms with Crippen molar-refractivity contribution in [1.29, 1.82) is 0 Å². The predicted octanol–water partition coefficient (Wildman–Crippen LogP) is 0.0932. The molecule has 0 aromatic carbocycles. The van der Waals surface area contributed by atoms with Crippen LogP contribution in [0.1, 0.15) is 33.1 Å². The summed E-state index contributed by atoms with van der Waals surface area (Å²) in [6, 6.07) is 0. The minimum Gasteiger partial charge on any atom is -0.372 e. The molecule has 0 spiro atoms. The Labute approximate surface area is 109 Å². The minimum atomic E-state index is -0.632. The molecular formula is C13H25N3O2. The van der Waals surface area contributed by atoms with Crippen LogP contribution in [0, 0.1) is 0 Å². The zero-order valence-electron chi connectivity index (χ0n) is 11.4. The minimum absolute atomic E-state index is 0.269. The summed E-state index contributed by atoms with van der Waals surface area (Å²) < 4.78 is 5.81. The SMILES string of the molecule is CCCNC(C)(CN1CC2CCC(C1)O2)C(N)=O. The summed E-state index contributed by atoms with van der Waals surface area (Å²) in [5.74, 6) is -0.269. The van der Waals surface area contributed by atoms with Gasteiger partial charge in [-0.1, -0.05) is 6.92 Å². The molecule has 18 heavy (non-hydrogen) atoms. The quantitative estimate of drug-likeness (QED) is 0.706. The van der Waals surface area contributed by atoms with Crippen molar-refractivity contribution in [1.82, 2.24) is 10.2 Å². The second kappa shape index (κ2) is 5.55. The third-order valence-electron chi connectivity index (χ3n) is 3.97. The molecule has 5 nitrogen and oxygen atoms in total. The molecule has 5 heteroatoms. The van der Waals surface area contributed by atoms with Gasteiger partial charge in [0.15, 0.2) is 0 Å². The number of nitrogens with zero attached hydrogens (tertiary/aromatic N) is 1. The highest BCUT2D eigenvalue weighted by molar-refractivity contribution is 5.84. The lowest BCUT2D eigenvalue weighted by atomic mass is 10.00. The van der Waals surface area contributed by atoms with Crippen LogP contribution in [0.4, 0.5) is 0 Å². The van der Waals surface area contributed by atoms with Crippen molar-refractivity contribution in [3.63, 3.8) is 0 Å². The molecule has 2 bridgehead atoms. The molecular weight excluding hydrogens is 230 g/mol. The highest BCUT2D eigenvalue weighted by Gasteiger charge is 2.38. The van der Waals surface area contributed by atoms with Crippen LogP contribution in [0.5, 0.6) is 0 Å². The second-order valence-corrected chi connectivity index (χ2v) is 5.77. The number of hydrogen-bond acceptors (Lipinski definition) is 4. The number of nitrogens with one attached hydrogen (secondary N) is 1. The molecule has 1 amide bonds. The van der Waals surface area contributed by atoms with E-state index in [0.29, 0.717) is 18.8 Å². The first-order valence-electron chi connectivity index (χ1n) is 6.96. The van der Waals surface area contributed by atoms with E-state index in [2.05, 4.69) is 17.1 Å². The maximum Gasteiger partial charge on any atom is 0.238 e. The topological polar surface area (TPSA) is 67.6 Å². The number of morpholine rings is 1. The van der Waals surface area contributed by atoms with E-state index in [1.54, 1.807) is 0 Å². The normalized spacial score (nSPS) is 31.2. The first kappa shape index (κ1) is 13.8. The van der Waals surface area contributed by atoms with E-state index in [0.717, 1.165) is 38.9 Å². The van der Waals surface area contributed by atoms with Crippen LogP contribution >= 0.6 is 0 Å². The Morgan fingerprint density at radius 2 is 2.06 bits per heavy atom. The summed E-state index contributed by atoms with van der Waals surface area (Å²) in [4.78, 5) is 14.0. The number of nitrogens with two attached hydrogens (primary N) is 1. The molecule has 0 aromatic heterocycles. The van der Waals surface area contributed by atoms with Gasteiger partial charge in [0.05, 0.1) is 12.2 Å². The zero-order valence-corrected chi connectivity index (χ0v) is 11.4. The summed E-state index contributed by atoms with van der Waals surface area (Å²) >= 11 is 0. The van der Waals surface area contributed by atoms with E-state index >= 15 is 0 Å². The number of carbonyl (C=O) groups excluding carboxylic acids is 1. The fourth-order valence-electron chi connectivity index (χ4n) is 2.90. The first-order chi connectivity index (χ1) is 8.53. The molecule has 2 saturated heterocycles. The molecule has 0 saturated carbocycles. The second-order valence-electron chi connectivity index (χ2n) is 5.77. The highest BCUT2D eigenvalue weighted by atomic mass is 16.5. The average Bonchev–Trinajstić information content (AvgIpc) is 2.66. The van der Waals surface area contributed by atoms with Crippen molar-refractivity contribution in [2.45, 2.75) is 50.9 Å². The third-order valence-corrected chi connectivity index (χ3v) is 3.97. The van der Waals surface area contributed by atoms with Crippen LogP contribution in [-0.2, 0) is 9.53 Å². The third kappa shape index (κ3) is 3.02. The molecule has 2 aliphatic heterocycles. The number of fused-ring (bicyclic) bond motifs is 2. The number of carbonyl (C=O) groups is 1. The Morgan fingerprint density at radius 3 is 2.56 bits per heavy atom. The summed E-state index contributed by atoms with van der Waals surface area (Å²) in [5, 5.41) is 3.29. The van der Waals surface area contributed by atoms with Crippen molar-refractivity contribution < 1.29 is 9.53 Å². The Balaban J connectivity index is 1.94. The standard InChI is InChI=1S/C13H25N3O2/c1-3-6-15-13(2,12(14)17)9-16-7-10-4-5-11(8-16)18-10/h10-11,15H,3-9H2,1-2H3,(H2,14,17). The molecule has 3 unspecified atom stereocenters. The van der Waals surface area contributed by atoms with E-state index in [4.69, 9.17) is 10.5 Å². The fourth-order valence-corrected chi connectivity index (χ4v) is 2.90. The van der Waals surface area contributed by atoms with Gasteiger partial charge in [0.25, 0.3) is 0 Å². The van der Waals surface area contributed by atoms with E-state index in [9.17, 15) is 4.79 Å². The summed E-state index contributed by atoms with van der Waals surface area (Å²) in [6.45, 7) is 7.33. The van der Waals surface area contributed by atoms with Crippen LogP contribution in [0.2, 0.25) is 0 Å². The van der Waals surface area contributed by atoms with Gasteiger partial charge in [-0.25, -0.2) is 0 Å². The van der Waals surface area contributed by atoms with Crippen LogP contribution in [-0.4, -0.2) is 54.7 Å². The van der Waals surface area contributed by atoms with Crippen LogP contribution < -0.4 is 11.1 Å². The van der Waals surface area contributed by atoms with Crippen molar-refractivity contribution in [2.75, 3.05) is 26.2 Å².